The van der Waals surface area contributed by atoms with Crippen LogP contribution in [0.15, 0.2) is 0 Å². The van der Waals surface area contributed by atoms with Gasteiger partial charge < -0.3 is 24.3 Å². The minimum Gasteiger partial charge on any atom is -0.422 e. The molecule has 0 radical (unpaired) electrons. The predicted octanol–water partition coefficient (Wildman–Crippen LogP) is 0.716. The van der Waals surface area contributed by atoms with Gasteiger partial charge in [0.15, 0.2) is 13.1 Å². The van der Waals surface area contributed by atoms with Crippen LogP contribution in [-0.2, 0) is 18.9 Å². The number of carbonyl (C=O) groups is 1. The van der Waals surface area contributed by atoms with E-state index in [0.29, 0.717) is 13.2 Å². The summed E-state index contributed by atoms with van der Waals surface area (Å²) in [5.74, 6) is 0. The highest BCUT2D eigenvalue weighted by atomic mass is 16.7. The van der Waals surface area contributed by atoms with Crippen LogP contribution in [0.5, 0.6) is 0 Å². The van der Waals surface area contributed by atoms with Crippen molar-refractivity contribution < 1.29 is 23.7 Å². The summed E-state index contributed by atoms with van der Waals surface area (Å²) < 4.78 is 20.1. The van der Waals surface area contributed by atoms with E-state index in [2.05, 4.69) is 10.1 Å². The van der Waals surface area contributed by atoms with E-state index in [1.54, 1.807) is 0 Å². The Morgan fingerprint density at radius 1 is 1.27 bits per heavy atom. The summed E-state index contributed by atoms with van der Waals surface area (Å²) >= 11 is 0. The molecule has 0 aromatic rings. The Hall–Kier alpha value is -0.850. The van der Waals surface area contributed by atoms with Gasteiger partial charge in [0.05, 0.1) is 0 Å². The molecule has 0 spiro atoms. The molecule has 0 aromatic carbocycles. The Kier molecular flexibility index (Phi) is 9.15. The quantitative estimate of drug-likeness (QED) is 0.483. The summed E-state index contributed by atoms with van der Waals surface area (Å²) in [6.45, 7) is 4.95. The van der Waals surface area contributed by atoms with Crippen LogP contribution in [0.25, 0.3) is 0 Å². The van der Waals surface area contributed by atoms with Gasteiger partial charge in [-0.1, -0.05) is 0 Å². The van der Waals surface area contributed by atoms with Crippen LogP contribution in [0, 0.1) is 0 Å². The van der Waals surface area contributed by atoms with Crippen molar-refractivity contribution in [3.8, 4) is 0 Å². The average molecular weight is 221 g/mol. The molecule has 0 aliphatic carbocycles. The van der Waals surface area contributed by atoms with Crippen molar-refractivity contribution in [2.45, 2.75) is 20.1 Å². The van der Waals surface area contributed by atoms with Crippen molar-refractivity contribution in [1.29, 1.82) is 0 Å². The molecular weight excluding hydrogens is 202 g/mol. The van der Waals surface area contributed by atoms with Gasteiger partial charge in [0.25, 0.3) is 0 Å². The third-order valence-corrected chi connectivity index (χ3v) is 1.44. The van der Waals surface area contributed by atoms with Crippen LogP contribution in [0.2, 0.25) is 0 Å². The molecule has 1 amide bonds. The van der Waals surface area contributed by atoms with Gasteiger partial charge in [-0.2, -0.15) is 0 Å². The van der Waals surface area contributed by atoms with Crippen LogP contribution >= 0.6 is 0 Å². The first-order chi connectivity index (χ1) is 7.24. The maximum absolute atomic E-state index is 10.6. The summed E-state index contributed by atoms with van der Waals surface area (Å²) in [5.41, 5.74) is 0. The lowest BCUT2D eigenvalue weighted by molar-refractivity contribution is -0.180. The van der Waals surface area contributed by atoms with Crippen LogP contribution in [0.1, 0.15) is 13.8 Å². The fraction of sp³-hybridized carbons (Fsp3) is 0.889. The molecule has 0 bridgehead atoms. The Labute approximate surface area is 89.8 Å². The van der Waals surface area contributed by atoms with Gasteiger partial charge in [-0.3, -0.25) is 0 Å². The molecule has 0 atom stereocenters. The molecule has 0 aliphatic heterocycles. The van der Waals surface area contributed by atoms with Crippen LogP contribution in [0.3, 0.4) is 0 Å². The Bertz CT molecular complexity index is 159. The van der Waals surface area contributed by atoms with Crippen LogP contribution in [0.4, 0.5) is 4.79 Å². The molecule has 0 aliphatic rings. The van der Waals surface area contributed by atoms with Gasteiger partial charge in [-0.05, 0) is 13.8 Å². The van der Waals surface area contributed by atoms with Gasteiger partial charge in [-0.25, -0.2) is 4.79 Å². The minimum atomic E-state index is -0.528. The summed E-state index contributed by atoms with van der Waals surface area (Å²) in [6, 6.07) is 0. The smallest absolute Gasteiger partial charge is 0.408 e. The number of alkyl carbamates (subject to hydrolysis) is 1. The first kappa shape index (κ1) is 14.2. The summed E-state index contributed by atoms with van der Waals surface area (Å²) in [4.78, 5) is 10.6. The SMILES string of the molecule is CCOC(COCOC(=O)NC)OCC. The van der Waals surface area contributed by atoms with E-state index in [0.717, 1.165) is 0 Å². The maximum Gasteiger partial charge on any atom is 0.408 e. The second-order valence-electron chi connectivity index (χ2n) is 2.51. The Balaban J connectivity index is 3.48. The number of hydrogen-bond acceptors (Lipinski definition) is 5. The monoisotopic (exact) mass is 221 g/mol. The third kappa shape index (κ3) is 8.17. The van der Waals surface area contributed by atoms with Gasteiger partial charge >= 0.3 is 6.09 Å². The number of nitrogens with one attached hydrogen (secondary N) is 1. The Morgan fingerprint density at radius 3 is 2.33 bits per heavy atom. The zero-order valence-electron chi connectivity index (χ0n) is 9.45. The first-order valence-corrected chi connectivity index (χ1v) is 4.90. The van der Waals surface area contributed by atoms with E-state index in [1.165, 1.54) is 7.05 Å². The van der Waals surface area contributed by atoms with E-state index in [4.69, 9.17) is 14.2 Å². The molecule has 0 saturated carbocycles. The van der Waals surface area contributed by atoms with E-state index in [1.807, 2.05) is 13.8 Å². The van der Waals surface area contributed by atoms with Crippen molar-refractivity contribution in [2.24, 2.45) is 0 Å². The van der Waals surface area contributed by atoms with Gasteiger partial charge in [0.1, 0.15) is 6.61 Å². The highest BCUT2D eigenvalue weighted by molar-refractivity contribution is 5.66. The van der Waals surface area contributed by atoms with Crippen molar-refractivity contribution in [2.75, 3.05) is 33.7 Å². The minimum absolute atomic E-state index is 0.115. The summed E-state index contributed by atoms with van der Waals surface area (Å²) in [7, 11) is 1.48. The zero-order chi connectivity index (χ0) is 11.5. The van der Waals surface area contributed by atoms with Gasteiger partial charge in [0, 0.05) is 20.3 Å². The molecule has 6 nitrogen and oxygen atoms in total. The highest BCUT2D eigenvalue weighted by Gasteiger charge is 2.08. The lowest BCUT2D eigenvalue weighted by atomic mass is 10.6. The summed E-state index contributed by atoms with van der Waals surface area (Å²) in [5, 5.41) is 2.30. The molecule has 90 valence electrons. The van der Waals surface area contributed by atoms with E-state index in [9.17, 15) is 4.79 Å². The zero-order valence-corrected chi connectivity index (χ0v) is 9.45. The fourth-order valence-electron chi connectivity index (χ4n) is 0.828. The first-order valence-electron chi connectivity index (χ1n) is 4.90. The molecule has 0 rings (SSSR count). The van der Waals surface area contributed by atoms with Crippen LogP contribution < -0.4 is 5.32 Å². The second-order valence-corrected chi connectivity index (χ2v) is 2.51. The van der Waals surface area contributed by atoms with Crippen molar-refractivity contribution >= 4 is 6.09 Å². The standard InChI is InChI=1S/C9H19NO5/c1-4-13-8(14-5-2)6-12-7-15-9(11)10-3/h8H,4-7H2,1-3H3,(H,10,11). The van der Waals surface area contributed by atoms with E-state index in [-0.39, 0.29) is 13.4 Å². The van der Waals surface area contributed by atoms with Gasteiger partial charge in [0.2, 0.25) is 0 Å². The van der Waals surface area contributed by atoms with Crippen LogP contribution in [-0.4, -0.2) is 46.0 Å². The molecule has 1 N–H and O–H groups in total. The molecule has 6 heteroatoms. The molecule has 0 aromatic heterocycles. The predicted molar refractivity (Wildman–Crippen MR) is 53.4 cm³/mol. The molecular formula is C9H19NO5. The number of rotatable bonds is 8. The molecule has 0 unspecified atom stereocenters. The average Bonchev–Trinajstić information content (AvgIpc) is 2.24. The lowest BCUT2D eigenvalue weighted by Crippen LogP contribution is -2.26. The normalized spacial score (nSPS) is 10.4. The maximum atomic E-state index is 10.6. The Morgan fingerprint density at radius 2 is 1.87 bits per heavy atom. The largest absolute Gasteiger partial charge is 0.422 e. The van der Waals surface area contributed by atoms with Gasteiger partial charge in [-0.15, -0.1) is 0 Å². The van der Waals surface area contributed by atoms with Crippen molar-refractivity contribution in [3.63, 3.8) is 0 Å². The summed E-state index contributed by atoms with van der Waals surface area (Å²) in [6.07, 6.45) is -0.937. The number of amides is 1. The lowest BCUT2D eigenvalue weighted by Gasteiger charge is -2.16. The van der Waals surface area contributed by atoms with Crippen molar-refractivity contribution in [3.05, 3.63) is 0 Å². The highest BCUT2D eigenvalue weighted by Crippen LogP contribution is 1.96. The van der Waals surface area contributed by atoms with E-state index >= 15 is 0 Å². The fourth-order valence-corrected chi connectivity index (χ4v) is 0.828. The second kappa shape index (κ2) is 9.70. The topological polar surface area (TPSA) is 66.0 Å². The molecule has 0 saturated heterocycles. The number of hydrogen-bond donors (Lipinski definition) is 1. The molecule has 0 fully saturated rings. The molecule has 0 heterocycles. The van der Waals surface area contributed by atoms with Crippen molar-refractivity contribution in [1.82, 2.24) is 5.32 Å². The number of ether oxygens (including phenoxy) is 4. The van der Waals surface area contributed by atoms with E-state index < -0.39 is 12.4 Å². The molecule has 15 heavy (non-hydrogen) atoms. The third-order valence-electron chi connectivity index (χ3n) is 1.44. The number of carbonyl (C=O) groups excluding carboxylic acids is 1.